The van der Waals surface area contributed by atoms with Crippen LogP contribution >= 0.6 is 0 Å². The Bertz CT molecular complexity index is 319. The van der Waals surface area contributed by atoms with Gasteiger partial charge >= 0.3 is 0 Å². The molecule has 2 rings (SSSR count). The lowest BCUT2D eigenvalue weighted by Gasteiger charge is -2.30. The summed E-state index contributed by atoms with van der Waals surface area (Å²) in [6.07, 6.45) is 2.90. The number of anilines is 1. The molecule has 3 nitrogen and oxygen atoms in total. The number of aliphatic hydroxyl groups is 1. The van der Waals surface area contributed by atoms with E-state index in [9.17, 15) is 9.50 Å². The molecule has 1 fully saturated rings. The van der Waals surface area contributed by atoms with Gasteiger partial charge in [0.05, 0.1) is 6.10 Å². The molecule has 0 amide bonds. The van der Waals surface area contributed by atoms with Crippen LogP contribution in [-0.2, 0) is 0 Å². The summed E-state index contributed by atoms with van der Waals surface area (Å²) in [6.45, 7) is 1.25. The van der Waals surface area contributed by atoms with Crippen LogP contribution in [0, 0.1) is 5.82 Å². The SMILES string of the molecule is O[C@H]1CCCN(c2ncccc2F)C1. The van der Waals surface area contributed by atoms with Gasteiger partial charge < -0.3 is 10.0 Å². The summed E-state index contributed by atoms with van der Waals surface area (Å²) < 4.78 is 13.3. The minimum Gasteiger partial charge on any atom is -0.391 e. The quantitative estimate of drug-likeness (QED) is 0.732. The van der Waals surface area contributed by atoms with E-state index in [1.807, 2.05) is 0 Å². The topological polar surface area (TPSA) is 36.4 Å². The number of rotatable bonds is 1. The summed E-state index contributed by atoms with van der Waals surface area (Å²) in [5.41, 5.74) is 0. The second kappa shape index (κ2) is 3.92. The van der Waals surface area contributed by atoms with Gasteiger partial charge in [0.1, 0.15) is 0 Å². The van der Waals surface area contributed by atoms with Gasteiger partial charge in [-0.3, -0.25) is 0 Å². The molecule has 1 atom stereocenters. The average molecular weight is 196 g/mol. The van der Waals surface area contributed by atoms with E-state index in [0.717, 1.165) is 19.4 Å². The minimum absolute atomic E-state index is 0.318. The number of aliphatic hydroxyl groups excluding tert-OH is 1. The van der Waals surface area contributed by atoms with Crippen LogP contribution in [-0.4, -0.2) is 29.3 Å². The van der Waals surface area contributed by atoms with E-state index in [4.69, 9.17) is 0 Å². The Morgan fingerprint density at radius 3 is 3.14 bits per heavy atom. The molecule has 14 heavy (non-hydrogen) atoms. The largest absolute Gasteiger partial charge is 0.391 e. The highest BCUT2D eigenvalue weighted by Gasteiger charge is 2.20. The van der Waals surface area contributed by atoms with Crippen LogP contribution in [0.4, 0.5) is 10.2 Å². The summed E-state index contributed by atoms with van der Waals surface area (Å²) in [4.78, 5) is 5.77. The van der Waals surface area contributed by atoms with Crippen molar-refractivity contribution in [3.8, 4) is 0 Å². The van der Waals surface area contributed by atoms with E-state index in [2.05, 4.69) is 4.98 Å². The van der Waals surface area contributed by atoms with Gasteiger partial charge in [-0.05, 0) is 25.0 Å². The van der Waals surface area contributed by atoms with Crippen LogP contribution in [0.2, 0.25) is 0 Å². The molecule has 0 aliphatic carbocycles. The normalized spacial score (nSPS) is 22.4. The van der Waals surface area contributed by atoms with Gasteiger partial charge in [-0.2, -0.15) is 0 Å². The molecule has 0 aromatic carbocycles. The molecule has 1 aromatic rings. The maximum absolute atomic E-state index is 13.3. The molecule has 4 heteroatoms. The highest BCUT2D eigenvalue weighted by molar-refractivity contribution is 5.40. The zero-order valence-electron chi connectivity index (χ0n) is 7.86. The first-order valence-corrected chi connectivity index (χ1v) is 4.81. The number of halogens is 1. The monoisotopic (exact) mass is 196 g/mol. The number of hydrogen-bond acceptors (Lipinski definition) is 3. The van der Waals surface area contributed by atoms with Crippen LogP contribution in [0.5, 0.6) is 0 Å². The Morgan fingerprint density at radius 2 is 2.43 bits per heavy atom. The smallest absolute Gasteiger partial charge is 0.165 e. The number of hydrogen-bond donors (Lipinski definition) is 1. The van der Waals surface area contributed by atoms with Gasteiger partial charge in [-0.15, -0.1) is 0 Å². The number of β-amino-alcohol motifs (C(OH)–C–C–N with tert-alkyl or cyclic N) is 1. The van der Waals surface area contributed by atoms with Crippen molar-refractivity contribution in [2.45, 2.75) is 18.9 Å². The van der Waals surface area contributed by atoms with Gasteiger partial charge in [-0.25, -0.2) is 9.37 Å². The molecule has 0 unspecified atom stereocenters. The van der Waals surface area contributed by atoms with Crippen LogP contribution in [0.25, 0.3) is 0 Å². The lowest BCUT2D eigenvalue weighted by atomic mass is 10.1. The lowest BCUT2D eigenvalue weighted by Crippen LogP contribution is -2.39. The molecule has 0 bridgehead atoms. The molecule has 0 spiro atoms. The number of piperidine rings is 1. The number of pyridine rings is 1. The summed E-state index contributed by atoms with van der Waals surface area (Å²) in [6, 6.07) is 2.96. The fourth-order valence-corrected chi connectivity index (χ4v) is 1.76. The Balaban J connectivity index is 2.18. The van der Waals surface area contributed by atoms with E-state index in [0.29, 0.717) is 12.4 Å². The number of aromatic nitrogens is 1. The van der Waals surface area contributed by atoms with Crippen molar-refractivity contribution in [1.82, 2.24) is 4.98 Å². The molecular weight excluding hydrogens is 183 g/mol. The van der Waals surface area contributed by atoms with Crippen LogP contribution in [0.3, 0.4) is 0 Å². The highest BCUT2D eigenvalue weighted by Crippen LogP contribution is 2.20. The van der Waals surface area contributed by atoms with Crippen molar-refractivity contribution in [3.63, 3.8) is 0 Å². The van der Waals surface area contributed by atoms with Crippen molar-refractivity contribution < 1.29 is 9.50 Å². The predicted octanol–water partition coefficient (Wildman–Crippen LogP) is 1.18. The van der Waals surface area contributed by atoms with Gasteiger partial charge in [0.15, 0.2) is 11.6 Å². The zero-order valence-corrected chi connectivity index (χ0v) is 7.86. The van der Waals surface area contributed by atoms with Crippen LogP contribution < -0.4 is 4.90 Å². The molecule has 1 saturated heterocycles. The van der Waals surface area contributed by atoms with E-state index >= 15 is 0 Å². The fraction of sp³-hybridized carbons (Fsp3) is 0.500. The van der Waals surface area contributed by atoms with Gasteiger partial charge in [0.25, 0.3) is 0 Å². The molecule has 1 aliphatic heterocycles. The molecule has 1 aromatic heterocycles. The van der Waals surface area contributed by atoms with E-state index < -0.39 is 0 Å². The molecule has 0 saturated carbocycles. The van der Waals surface area contributed by atoms with Crippen molar-refractivity contribution in [1.29, 1.82) is 0 Å². The maximum Gasteiger partial charge on any atom is 0.165 e. The van der Waals surface area contributed by atoms with Crippen molar-refractivity contribution in [2.24, 2.45) is 0 Å². The predicted molar refractivity (Wildman–Crippen MR) is 51.6 cm³/mol. The molecule has 2 heterocycles. The summed E-state index contributed by atoms with van der Waals surface area (Å²) in [5.74, 6) is 0.0350. The summed E-state index contributed by atoms with van der Waals surface area (Å²) >= 11 is 0. The third kappa shape index (κ3) is 1.85. The average Bonchev–Trinajstić information content (AvgIpc) is 2.18. The molecule has 1 aliphatic rings. The second-order valence-electron chi connectivity index (χ2n) is 3.55. The van der Waals surface area contributed by atoms with E-state index in [1.165, 1.54) is 6.07 Å². The minimum atomic E-state index is -0.356. The van der Waals surface area contributed by atoms with Crippen molar-refractivity contribution >= 4 is 5.82 Å². The van der Waals surface area contributed by atoms with Gasteiger partial charge in [0.2, 0.25) is 0 Å². The Labute approximate surface area is 82.2 Å². The number of nitrogens with zero attached hydrogens (tertiary/aromatic N) is 2. The van der Waals surface area contributed by atoms with Crippen LogP contribution in [0.1, 0.15) is 12.8 Å². The van der Waals surface area contributed by atoms with Crippen LogP contribution in [0.15, 0.2) is 18.3 Å². The van der Waals surface area contributed by atoms with Crippen molar-refractivity contribution in [2.75, 3.05) is 18.0 Å². The van der Waals surface area contributed by atoms with E-state index in [-0.39, 0.29) is 11.9 Å². The first kappa shape index (κ1) is 9.40. The first-order valence-electron chi connectivity index (χ1n) is 4.81. The zero-order chi connectivity index (χ0) is 9.97. The lowest BCUT2D eigenvalue weighted by molar-refractivity contribution is 0.153. The fourth-order valence-electron chi connectivity index (χ4n) is 1.76. The highest BCUT2D eigenvalue weighted by atomic mass is 19.1. The summed E-state index contributed by atoms with van der Waals surface area (Å²) in [7, 11) is 0. The molecule has 0 radical (unpaired) electrons. The molecule has 1 N–H and O–H groups in total. The van der Waals surface area contributed by atoms with Gasteiger partial charge in [0, 0.05) is 19.3 Å². The van der Waals surface area contributed by atoms with Gasteiger partial charge in [-0.1, -0.05) is 0 Å². The Morgan fingerprint density at radius 1 is 1.57 bits per heavy atom. The third-order valence-electron chi connectivity index (χ3n) is 2.44. The third-order valence-corrected chi connectivity index (χ3v) is 2.44. The van der Waals surface area contributed by atoms with E-state index in [1.54, 1.807) is 17.2 Å². The standard InChI is InChI=1S/C10H13FN2O/c11-9-4-1-5-12-10(9)13-6-2-3-8(14)7-13/h1,4-5,8,14H,2-3,6-7H2/t8-/m0/s1. The second-order valence-corrected chi connectivity index (χ2v) is 3.55. The molecular formula is C10H13FN2O. The Hall–Kier alpha value is -1.16. The summed E-state index contributed by atoms with van der Waals surface area (Å²) in [5, 5.41) is 9.44. The maximum atomic E-state index is 13.3. The molecule has 76 valence electrons. The first-order chi connectivity index (χ1) is 6.77. The van der Waals surface area contributed by atoms with Crippen molar-refractivity contribution in [3.05, 3.63) is 24.1 Å². The Kier molecular flexibility index (Phi) is 2.63.